The van der Waals surface area contributed by atoms with Gasteiger partial charge in [-0.25, -0.2) is 0 Å². The van der Waals surface area contributed by atoms with Crippen molar-refractivity contribution in [1.29, 1.82) is 0 Å². The summed E-state index contributed by atoms with van der Waals surface area (Å²) in [7, 11) is 0. The molecular formula is C13H18O. The Hall–Kier alpha value is -0.820. The van der Waals surface area contributed by atoms with E-state index in [4.69, 9.17) is 0 Å². The van der Waals surface area contributed by atoms with E-state index in [1.807, 2.05) is 0 Å². The first kappa shape index (κ1) is 9.72. The Kier molecular flexibility index (Phi) is 2.15. The molecule has 1 aliphatic carbocycles. The minimum Gasteiger partial charge on any atom is -0.388 e. The average molecular weight is 190 g/mol. The van der Waals surface area contributed by atoms with E-state index >= 15 is 0 Å². The molecule has 0 radical (unpaired) electrons. The highest BCUT2D eigenvalue weighted by atomic mass is 16.3. The van der Waals surface area contributed by atoms with Gasteiger partial charge in [-0.1, -0.05) is 37.6 Å². The van der Waals surface area contributed by atoms with Crippen molar-refractivity contribution in [3.63, 3.8) is 0 Å². The van der Waals surface area contributed by atoms with Crippen LogP contribution in [-0.4, -0.2) is 5.11 Å². The topological polar surface area (TPSA) is 20.2 Å². The summed E-state index contributed by atoms with van der Waals surface area (Å²) in [4.78, 5) is 0. The van der Waals surface area contributed by atoms with Gasteiger partial charge < -0.3 is 5.11 Å². The van der Waals surface area contributed by atoms with Gasteiger partial charge in [-0.3, -0.25) is 0 Å². The van der Waals surface area contributed by atoms with Crippen LogP contribution in [0, 0.1) is 6.92 Å². The molecule has 1 atom stereocenters. The summed E-state index contributed by atoms with van der Waals surface area (Å²) in [5.74, 6) is 0. The number of aliphatic hydroxyl groups is 1. The molecule has 0 saturated heterocycles. The van der Waals surface area contributed by atoms with Gasteiger partial charge in [0.15, 0.2) is 0 Å². The smallest absolute Gasteiger partial charge is 0.0793 e. The zero-order valence-corrected chi connectivity index (χ0v) is 9.17. The second-order valence-corrected chi connectivity index (χ2v) is 5.03. The van der Waals surface area contributed by atoms with Crippen molar-refractivity contribution in [3.05, 3.63) is 34.9 Å². The molecule has 0 spiro atoms. The highest BCUT2D eigenvalue weighted by molar-refractivity contribution is 5.39. The summed E-state index contributed by atoms with van der Waals surface area (Å²) in [5.41, 5.74) is 3.92. The molecule has 1 N–H and O–H groups in total. The molecule has 0 fully saturated rings. The van der Waals surface area contributed by atoms with Crippen molar-refractivity contribution < 1.29 is 5.11 Å². The van der Waals surface area contributed by atoms with E-state index in [9.17, 15) is 5.11 Å². The zero-order chi connectivity index (χ0) is 10.3. The first-order valence-electron chi connectivity index (χ1n) is 5.30. The van der Waals surface area contributed by atoms with Gasteiger partial charge in [0.2, 0.25) is 0 Å². The standard InChI is InChI=1S/C13H18O/c1-9-4-5-11-10(8-9)12(14)6-7-13(11,2)3/h4-5,8,12,14H,6-7H2,1-3H3. The van der Waals surface area contributed by atoms with Crippen molar-refractivity contribution in [1.82, 2.24) is 0 Å². The van der Waals surface area contributed by atoms with Crippen LogP contribution in [0.2, 0.25) is 0 Å². The Bertz CT molecular complexity index is 352. The Morgan fingerprint density at radius 1 is 1.36 bits per heavy atom. The molecule has 0 bridgehead atoms. The number of fused-ring (bicyclic) bond motifs is 1. The number of aryl methyl sites for hydroxylation is 1. The fourth-order valence-electron chi connectivity index (χ4n) is 2.36. The first-order valence-corrected chi connectivity index (χ1v) is 5.30. The molecule has 1 aromatic carbocycles. The van der Waals surface area contributed by atoms with Crippen LogP contribution in [0.25, 0.3) is 0 Å². The Morgan fingerprint density at radius 3 is 2.79 bits per heavy atom. The number of rotatable bonds is 0. The van der Waals surface area contributed by atoms with Crippen molar-refractivity contribution in [2.75, 3.05) is 0 Å². The average Bonchev–Trinajstić information content (AvgIpc) is 2.12. The number of benzene rings is 1. The zero-order valence-electron chi connectivity index (χ0n) is 9.17. The number of hydrogen-bond donors (Lipinski definition) is 1. The van der Waals surface area contributed by atoms with Gasteiger partial charge in [-0.05, 0) is 36.3 Å². The maximum absolute atomic E-state index is 9.92. The molecule has 1 aromatic rings. The van der Waals surface area contributed by atoms with Crippen LogP contribution < -0.4 is 0 Å². The van der Waals surface area contributed by atoms with Crippen LogP contribution in [-0.2, 0) is 5.41 Å². The first-order chi connectivity index (χ1) is 6.50. The monoisotopic (exact) mass is 190 g/mol. The van der Waals surface area contributed by atoms with Gasteiger partial charge in [-0.15, -0.1) is 0 Å². The lowest BCUT2D eigenvalue weighted by molar-refractivity contribution is 0.139. The molecule has 76 valence electrons. The molecular weight excluding hydrogens is 172 g/mol. The van der Waals surface area contributed by atoms with Crippen LogP contribution >= 0.6 is 0 Å². The largest absolute Gasteiger partial charge is 0.388 e. The van der Waals surface area contributed by atoms with E-state index in [-0.39, 0.29) is 11.5 Å². The fraction of sp³-hybridized carbons (Fsp3) is 0.538. The van der Waals surface area contributed by atoms with Gasteiger partial charge in [-0.2, -0.15) is 0 Å². The van der Waals surface area contributed by atoms with E-state index in [0.717, 1.165) is 18.4 Å². The van der Waals surface area contributed by atoms with E-state index in [2.05, 4.69) is 39.0 Å². The molecule has 1 aliphatic rings. The fourth-order valence-corrected chi connectivity index (χ4v) is 2.36. The van der Waals surface area contributed by atoms with Gasteiger partial charge >= 0.3 is 0 Å². The lowest BCUT2D eigenvalue weighted by Gasteiger charge is -2.35. The summed E-state index contributed by atoms with van der Waals surface area (Å²) >= 11 is 0. The lowest BCUT2D eigenvalue weighted by atomic mass is 9.71. The minimum atomic E-state index is -0.252. The van der Waals surface area contributed by atoms with Crippen LogP contribution in [0.5, 0.6) is 0 Å². The quantitative estimate of drug-likeness (QED) is 0.666. The van der Waals surface area contributed by atoms with Crippen molar-refractivity contribution in [2.45, 2.75) is 45.1 Å². The summed E-state index contributed by atoms with van der Waals surface area (Å²) in [6.07, 6.45) is 1.71. The van der Waals surface area contributed by atoms with E-state index < -0.39 is 0 Å². The lowest BCUT2D eigenvalue weighted by Crippen LogP contribution is -2.26. The molecule has 1 heteroatoms. The Morgan fingerprint density at radius 2 is 2.07 bits per heavy atom. The molecule has 0 heterocycles. The number of hydrogen-bond acceptors (Lipinski definition) is 1. The highest BCUT2D eigenvalue weighted by Crippen LogP contribution is 2.41. The summed E-state index contributed by atoms with van der Waals surface area (Å²) in [5, 5.41) is 9.92. The molecule has 1 unspecified atom stereocenters. The van der Waals surface area contributed by atoms with Crippen LogP contribution in [0.15, 0.2) is 18.2 Å². The molecule has 2 rings (SSSR count). The van der Waals surface area contributed by atoms with Crippen molar-refractivity contribution in [3.8, 4) is 0 Å². The SMILES string of the molecule is Cc1ccc2c(c1)C(O)CCC2(C)C. The highest BCUT2D eigenvalue weighted by Gasteiger charge is 2.31. The summed E-state index contributed by atoms with van der Waals surface area (Å²) in [6.45, 7) is 6.59. The van der Waals surface area contributed by atoms with Gasteiger partial charge in [0.05, 0.1) is 6.10 Å². The molecule has 14 heavy (non-hydrogen) atoms. The predicted octanol–water partition coefficient (Wildman–Crippen LogP) is 3.10. The third-order valence-electron chi connectivity index (χ3n) is 3.34. The molecule has 0 amide bonds. The molecule has 0 aliphatic heterocycles. The minimum absolute atomic E-state index is 0.224. The summed E-state index contributed by atoms with van der Waals surface area (Å²) < 4.78 is 0. The second kappa shape index (κ2) is 3.09. The van der Waals surface area contributed by atoms with Crippen LogP contribution in [0.1, 0.15) is 49.5 Å². The summed E-state index contributed by atoms with van der Waals surface area (Å²) in [6, 6.07) is 6.44. The van der Waals surface area contributed by atoms with Crippen LogP contribution in [0.4, 0.5) is 0 Å². The van der Waals surface area contributed by atoms with Gasteiger partial charge in [0.25, 0.3) is 0 Å². The second-order valence-electron chi connectivity index (χ2n) is 5.03. The maximum Gasteiger partial charge on any atom is 0.0793 e. The van der Waals surface area contributed by atoms with Crippen molar-refractivity contribution >= 4 is 0 Å². The van der Waals surface area contributed by atoms with E-state index in [1.165, 1.54) is 11.1 Å². The molecule has 0 saturated carbocycles. The number of aliphatic hydroxyl groups excluding tert-OH is 1. The van der Waals surface area contributed by atoms with Crippen molar-refractivity contribution in [2.24, 2.45) is 0 Å². The van der Waals surface area contributed by atoms with E-state index in [1.54, 1.807) is 0 Å². The third kappa shape index (κ3) is 1.46. The predicted molar refractivity (Wildman–Crippen MR) is 58.4 cm³/mol. The maximum atomic E-state index is 9.92. The van der Waals surface area contributed by atoms with E-state index in [0.29, 0.717) is 0 Å². The normalized spacial score (nSPS) is 24.4. The Balaban J connectivity index is 2.57. The van der Waals surface area contributed by atoms with Gasteiger partial charge in [0, 0.05) is 0 Å². The Labute approximate surface area is 85.8 Å². The van der Waals surface area contributed by atoms with Gasteiger partial charge in [0.1, 0.15) is 0 Å². The molecule has 1 nitrogen and oxygen atoms in total. The third-order valence-corrected chi connectivity index (χ3v) is 3.34. The van der Waals surface area contributed by atoms with Crippen LogP contribution in [0.3, 0.4) is 0 Å². The molecule has 0 aromatic heterocycles.